The third-order valence-corrected chi connectivity index (χ3v) is 9.92. The number of rotatable bonds is 11. The quantitative estimate of drug-likeness (QED) is 0.188. The molecule has 0 saturated carbocycles. The highest BCUT2D eigenvalue weighted by Crippen LogP contribution is 2.33. The Morgan fingerprint density at radius 1 is 1.04 bits per heavy atom. The fourth-order valence-corrected chi connectivity index (χ4v) is 7.45. The first-order chi connectivity index (χ1) is 24.8. The normalized spacial score (nSPS) is 20.1. The molecule has 0 aromatic heterocycles. The Hall–Kier alpha value is -4.08. The molecule has 0 bridgehead atoms. The Morgan fingerprint density at radius 2 is 1.71 bits per heavy atom. The number of halogens is 2. The largest absolute Gasteiger partial charge is 0.444 e. The van der Waals surface area contributed by atoms with E-state index in [1.165, 1.54) is 25.1 Å². The summed E-state index contributed by atoms with van der Waals surface area (Å²) in [4.78, 5) is 67.9. The SMILES string of the molecule is CC.CNC(=O)C(CCC=O)N1C(=O)c2cc(F)c(N3CCN(Cc4cccc(SN5CCC(NC(=O)OC(C)(C)C)C(F)C5)c4)CC3)cc2C1=O. The van der Waals surface area contributed by atoms with Crippen molar-refractivity contribution < 1.29 is 37.5 Å². The van der Waals surface area contributed by atoms with Crippen molar-refractivity contribution in [3.63, 3.8) is 0 Å². The zero-order chi connectivity index (χ0) is 38.2. The van der Waals surface area contributed by atoms with Gasteiger partial charge in [0.05, 0.1) is 22.9 Å². The Labute approximate surface area is 308 Å². The van der Waals surface area contributed by atoms with Gasteiger partial charge in [-0.25, -0.2) is 17.9 Å². The first-order valence-corrected chi connectivity index (χ1v) is 18.5. The van der Waals surface area contributed by atoms with Crippen LogP contribution in [0.25, 0.3) is 0 Å². The van der Waals surface area contributed by atoms with Crippen LogP contribution in [0.15, 0.2) is 41.3 Å². The molecule has 2 saturated heterocycles. The van der Waals surface area contributed by atoms with Gasteiger partial charge >= 0.3 is 6.09 Å². The molecular weight excluding hydrogens is 695 g/mol. The number of carbonyl (C=O) groups is 5. The van der Waals surface area contributed by atoms with E-state index in [4.69, 9.17) is 4.74 Å². The fraction of sp³-hybridized carbons (Fsp3) is 0.541. The first-order valence-electron chi connectivity index (χ1n) is 17.8. The molecule has 0 aliphatic carbocycles. The second-order valence-corrected chi connectivity index (χ2v) is 14.8. The average Bonchev–Trinajstić information content (AvgIpc) is 3.34. The Morgan fingerprint density at radius 3 is 2.33 bits per heavy atom. The maximum atomic E-state index is 15.4. The monoisotopic (exact) mass is 744 g/mol. The molecule has 15 heteroatoms. The predicted octanol–water partition coefficient (Wildman–Crippen LogP) is 4.81. The maximum Gasteiger partial charge on any atom is 0.407 e. The lowest BCUT2D eigenvalue weighted by Gasteiger charge is -2.36. The zero-order valence-corrected chi connectivity index (χ0v) is 31.6. The minimum absolute atomic E-state index is 0.0203. The first kappa shape index (κ1) is 40.7. The average molecular weight is 745 g/mol. The van der Waals surface area contributed by atoms with Gasteiger partial charge in [0.2, 0.25) is 5.91 Å². The summed E-state index contributed by atoms with van der Waals surface area (Å²) in [7, 11) is 1.38. The number of fused-ring (bicyclic) bond motifs is 1. The topological polar surface area (TPSA) is 132 Å². The molecule has 3 heterocycles. The lowest BCUT2D eigenvalue weighted by molar-refractivity contribution is -0.124. The van der Waals surface area contributed by atoms with Crippen molar-refractivity contribution in [2.24, 2.45) is 0 Å². The molecule has 3 unspecified atom stereocenters. The van der Waals surface area contributed by atoms with E-state index in [9.17, 15) is 28.4 Å². The number of benzene rings is 2. The van der Waals surface area contributed by atoms with Gasteiger partial charge < -0.3 is 25.1 Å². The number of alkyl carbamates (subject to hydrolysis) is 1. The number of hydrogen-bond acceptors (Lipinski definition) is 10. The van der Waals surface area contributed by atoms with Crippen LogP contribution in [0, 0.1) is 5.82 Å². The number of nitrogens with zero attached hydrogens (tertiary/aromatic N) is 4. The Bertz CT molecular complexity index is 1620. The number of piperazine rings is 1. The van der Waals surface area contributed by atoms with Gasteiger partial charge in [0.25, 0.3) is 11.8 Å². The van der Waals surface area contributed by atoms with E-state index in [0.29, 0.717) is 52.0 Å². The van der Waals surface area contributed by atoms with E-state index < -0.39 is 53.5 Å². The molecule has 3 aliphatic rings. The van der Waals surface area contributed by atoms with Crippen LogP contribution in [0.1, 0.15) is 80.2 Å². The van der Waals surface area contributed by atoms with Crippen LogP contribution in [-0.2, 0) is 20.9 Å². The summed E-state index contributed by atoms with van der Waals surface area (Å²) in [6, 6.07) is 8.72. The van der Waals surface area contributed by atoms with E-state index >= 15 is 4.39 Å². The van der Waals surface area contributed by atoms with Crippen LogP contribution in [0.5, 0.6) is 0 Å². The number of aldehydes is 1. The summed E-state index contributed by atoms with van der Waals surface area (Å²) in [5.41, 5.74) is 0.571. The fourth-order valence-electron chi connectivity index (χ4n) is 6.40. The molecule has 2 N–H and O–H groups in total. The predicted molar refractivity (Wildman–Crippen MR) is 195 cm³/mol. The number of imide groups is 1. The van der Waals surface area contributed by atoms with Gasteiger partial charge in [0, 0.05) is 64.2 Å². The molecule has 2 aromatic rings. The molecule has 284 valence electrons. The van der Waals surface area contributed by atoms with E-state index in [1.807, 2.05) is 41.3 Å². The van der Waals surface area contributed by atoms with E-state index in [0.717, 1.165) is 21.4 Å². The molecule has 0 radical (unpaired) electrons. The van der Waals surface area contributed by atoms with Crippen molar-refractivity contribution in [2.45, 2.75) is 89.2 Å². The molecule has 3 atom stereocenters. The highest BCUT2D eigenvalue weighted by atomic mass is 32.2. The molecule has 0 spiro atoms. The Kier molecular flexibility index (Phi) is 14.2. The van der Waals surface area contributed by atoms with Crippen molar-refractivity contribution >= 4 is 47.7 Å². The minimum atomic E-state index is -1.23. The van der Waals surface area contributed by atoms with E-state index in [1.54, 1.807) is 20.8 Å². The second-order valence-electron chi connectivity index (χ2n) is 13.7. The number of nitrogens with one attached hydrogen (secondary N) is 2. The summed E-state index contributed by atoms with van der Waals surface area (Å²) in [5, 5.41) is 5.09. The maximum absolute atomic E-state index is 15.4. The molecule has 12 nitrogen and oxygen atoms in total. The standard InChI is InChI=1S/C35H44F2N6O6S.C2H6/c1-35(2,3)49-34(48)39-28-10-11-42(21-27(28)37)50-23-8-5-7-22(17-23)20-40-12-14-41(15-13-40)30-19-25-24(18-26(30)36)32(46)43(33(25)47)29(9-6-16-44)31(45)38-4;1-2/h5,7-8,16-19,27-29H,6,9-15,20-21H2,1-4H3,(H,38,45)(H,39,48);1-2H3. The van der Waals surface area contributed by atoms with Gasteiger partial charge in [-0.3, -0.25) is 24.2 Å². The highest BCUT2D eigenvalue weighted by molar-refractivity contribution is 7.97. The lowest BCUT2D eigenvalue weighted by atomic mass is 10.1. The number of ether oxygens (including phenoxy) is 1. The van der Waals surface area contributed by atoms with Gasteiger partial charge in [-0.05, 0) is 75.4 Å². The summed E-state index contributed by atoms with van der Waals surface area (Å²) in [5.74, 6) is -2.66. The molecule has 52 heavy (non-hydrogen) atoms. The summed E-state index contributed by atoms with van der Waals surface area (Å²) >= 11 is 1.48. The Balaban J connectivity index is 0.00000297. The van der Waals surface area contributed by atoms with Gasteiger partial charge in [0.1, 0.15) is 29.9 Å². The van der Waals surface area contributed by atoms with Crippen LogP contribution in [0.4, 0.5) is 19.3 Å². The number of amides is 4. The molecule has 2 aromatic carbocycles. The third-order valence-electron chi connectivity index (χ3n) is 8.86. The number of hydrogen-bond donors (Lipinski definition) is 2. The lowest BCUT2D eigenvalue weighted by Crippen LogP contribution is -2.51. The summed E-state index contributed by atoms with van der Waals surface area (Å²) in [6.07, 6.45) is -0.820. The number of alkyl halides is 1. The highest BCUT2D eigenvalue weighted by Gasteiger charge is 2.43. The summed E-state index contributed by atoms with van der Waals surface area (Å²) < 4.78 is 37.6. The van der Waals surface area contributed by atoms with Crippen LogP contribution < -0.4 is 15.5 Å². The minimum Gasteiger partial charge on any atom is -0.444 e. The van der Waals surface area contributed by atoms with E-state index in [-0.39, 0.29) is 36.2 Å². The van der Waals surface area contributed by atoms with Crippen LogP contribution in [-0.4, -0.2) is 114 Å². The second kappa shape index (κ2) is 18.1. The van der Waals surface area contributed by atoms with Gasteiger partial charge in [0.15, 0.2) is 0 Å². The van der Waals surface area contributed by atoms with Crippen LogP contribution in [0.2, 0.25) is 0 Å². The number of carbonyl (C=O) groups excluding carboxylic acids is 5. The summed E-state index contributed by atoms with van der Waals surface area (Å²) in [6.45, 7) is 12.9. The van der Waals surface area contributed by atoms with Crippen molar-refractivity contribution in [1.29, 1.82) is 0 Å². The van der Waals surface area contributed by atoms with Crippen LogP contribution in [0.3, 0.4) is 0 Å². The third kappa shape index (κ3) is 10.1. The van der Waals surface area contributed by atoms with Gasteiger partial charge in [-0.15, -0.1) is 0 Å². The van der Waals surface area contributed by atoms with Crippen molar-refractivity contribution in [3.8, 4) is 0 Å². The van der Waals surface area contributed by atoms with Gasteiger partial charge in [-0.2, -0.15) is 0 Å². The smallest absolute Gasteiger partial charge is 0.407 e. The van der Waals surface area contributed by atoms with Crippen molar-refractivity contribution in [1.82, 2.24) is 24.7 Å². The van der Waals surface area contributed by atoms with Crippen molar-refractivity contribution in [2.75, 3.05) is 51.2 Å². The number of likely N-dealkylation sites (N-methyl/N-ethyl adjacent to an activating group) is 1. The molecule has 4 amide bonds. The van der Waals surface area contributed by atoms with Crippen LogP contribution >= 0.6 is 11.9 Å². The molecule has 2 fully saturated rings. The zero-order valence-electron chi connectivity index (χ0n) is 30.7. The molecule has 5 rings (SSSR count). The number of anilines is 1. The molecule has 3 aliphatic heterocycles. The molecular formula is C37H50F2N6O6S. The number of piperidine rings is 1. The van der Waals surface area contributed by atoms with Gasteiger partial charge in [-0.1, -0.05) is 26.0 Å². The van der Waals surface area contributed by atoms with E-state index in [2.05, 4.69) is 21.6 Å². The van der Waals surface area contributed by atoms with Crippen molar-refractivity contribution in [3.05, 3.63) is 58.9 Å².